The van der Waals surface area contributed by atoms with Crippen LogP contribution in [0.25, 0.3) is 0 Å². The molecule has 114 valence electrons. The predicted octanol–water partition coefficient (Wildman–Crippen LogP) is 2.64. The summed E-state index contributed by atoms with van der Waals surface area (Å²) in [5.41, 5.74) is 0.774. The molecule has 1 aromatic rings. The van der Waals surface area contributed by atoms with Crippen LogP contribution in [0, 0.1) is 18.8 Å². The van der Waals surface area contributed by atoms with Gasteiger partial charge in [0, 0.05) is 6.54 Å². The molecule has 2 unspecified atom stereocenters. The van der Waals surface area contributed by atoms with E-state index in [1.807, 2.05) is 0 Å². The molecule has 1 heterocycles. The average Bonchev–Trinajstić information content (AvgIpc) is 2.44. The molecule has 1 aliphatic carbocycles. The van der Waals surface area contributed by atoms with Crippen LogP contribution in [0.5, 0.6) is 0 Å². The first-order valence-electron chi connectivity index (χ1n) is 7.46. The number of carbonyl (C=O) groups excluding carboxylic acids is 1. The average molecular weight is 290 g/mol. The SMILES string of the molecule is Cc1nc(C(=O)NCC2CCCC(C)C2)ccc1C(=O)O. The number of aryl methyl sites for hydroxylation is 1. The zero-order chi connectivity index (χ0) is 15.4. The largest absolute Gasteiger partial charge is 0.478 e. The molecule has 2 N–H and O–H groups in total. The van der Waals surface area contributed by atoms with Crippen LogP contribution in [0.4, 0.5) is 0 Å². The van der Waals surface area contributed by atoms with E-state index < -0.39 is 5.97 Å². The van der Waals surface area contributed by atoms with Gasteiger partial charge in [-0.05, 0) is 43.7 Å². The summed E-state index contributed by atoms with van der Waals surface area (Å²) in [6.07, 6.45) is 4.83. The Hall–Kier alpha value is -1.91. The fourth-order valence-electron chi connectivity index (χ4n) is 2.99. The Kier molecular flexibility index (Phi) is 4.94. The summed E-state index contributed by atoms with van der Waals surface area (Å²) in [4.78, 5) is 27.1. The highest BCUT2D eigenvalue weighted by atomic mass is 16.4. The quantitative estimate of drug-likeness (QED) is 0.893. The number of carboxylic acid groups (broad SMARTS) is 1. The number of aromatic carboxylic acids is 1. The van der Waals surface area contributed by atoms with Crippen LogP contribution < -0.4 is 5.32 Å². The first-order chi connectivity index (χ1) is 9.97. The zero-order valence-electron chi connectivity index (χ0n) is 12.6. The second-order valence-corrected chi connectivity index (χ2v) is 5.98. The molecule has 1 aliphatic rings. The Morgan fingerprint density at radius 2 is 2.14 bits per heavy atom. The summed E-state index contributed by atoms with van der Waals surface area (Å²) in [6.45, 7) is 4.52. The van der Waals surface area contributed by atoms with Gasteiger partial charge in [0.15, 0.2) is 0 Å². The van der Waals surface area contributed by atoms with Gasteiger partial charge in [-0.15, -0.1) is 0 Å². The minimum Gasteiger partial charge on any atom is -0.478 e. The predicted molar refractivity (Wildman–Crippen MR) is 79.4 cm³/mol. The van der Waals surface area contributed by atoms with Crippen LogP contribution in [-0.4, -0.2) is 28.5 Å². The van der Waals surface area contributed by atoms with Crippen molar-refractivity contribution in [2.24, 2.45) is 11.8 Å². The third-order valence-corrected chi connectivity index (χ3v) is 4.15. The van der Waals surface area contributed by atoms with Crippen LogP contribution in [0.1, 0.15) is 59.1 Å². The summed E-state index contributed by atoms with van der Waals surface area (Å²) in [7, 11) is 0. The molecule has 0 aromatic carbocycles. The molecule has 0 spiro atoms. The van der Waals surface area contributed by atoms with Gasteiger partial charge < -0.3 is 10.4 Å². The van der Waals surface area contributed by atoms with E-state index in [0.717, 1.165) is 18.8 Å². The van der Waals surface area contributed by atoms with E-state index in [1.165, 1.54) is 25.0 Å². The summed E-state index contributed by atoms with van der Waals surface area (Å²) >= 11 is 0. The summed E-state index contributed by atoms with van der Waals surface area (Å²) in [5, 5.41) is 11.9. The van der Waals surface area contributed by atoms with Gasteiger partial charge in [0.2, 0.25) is 0 Å². The molecule has 5 nitrogen and oxygen atoms in total. The number of carbonyl (C=O) groups is 2. The summed E-state index contributed by atoms with van der Waals surface area (Å²) < 4.78 is 0. The van der Waals surface area contributed by atoms with Crippen molar-refractivity contribution in [1.82, 2.24) is 10.3 Å². The maximum Gasteiger partial charge on any atom is 0.337 e. The van der Waals surface area contributed by atoms with E-state index in [9.17, 15) is 9.59 Å². The third-order valence-electron chi connectivity index (χ3n) is 4.15. The third kappa shape index (κ3) is 4.03. The van der Waals surface area contributed by atoms with Crippen molar-refractivity contribution < 1.29 is 14.7 Å². The monoisotopic (exact) mass is 290 g/mol. The molecule has 1 saturated carbocycles. The van der Waals surface area contributed by atoms with Gasteiger partial charge in [0.05, 0.1) is 11.3 Å². The van der Waals surface area contributed by atoms with E-state index >= 15 is 0 Å². The molecule has 0 saturated heterocycles. The highest BCUT2D eigenvalue weighted by Crippen LogP contribution is 2.27. The number of rotatable bonds is 4. The van der Waals surface area contributed by atoms with Crippen molar-refractivity contribution in [3.8, 4) is 0 Å². The molecule has 1 amide bonds. The number of hydrogen-bond donors (Lipinski definition) is 2. The van der Waals surface area contributed by atoms with Crippen molar-refractivity contribution >= 4 is 11.9 Å². The van der Waals surface area contributed by atoms with Gasteiger partial charge >= 0.3 is 5.97 Å². The van der Waals surface area contributed by atoms with Crippen LogP contribution in [-0.2, 0) is 0 Å². The van der Waals surface area contributed by atoms with Crippen molar-refractivity contribution in [3.05, 3.63) is 29.1 Å². The van der Waals surface area contributed by atoms with E-state index in [1.54, 1.807) is 6.92 Å². The Morgan fingerprint density at radius 3 is 2.76 bits per heavy atom. The standard InChI is InChI=1S/C16H22N2O3/c1-10-4-3-5-12(8-10)9-17-15(19)14-7-6-13(16(20)21)11(2)18-14/h6-7,10,12H,3-5,8-9H2,1-2H3,(H,17,19)(H,20,21). The lowest BCUT2D eigenvalue weighted by atomic mass is 9.82. The van der Waals surface area contributed by atoms with Gasteiger partial charge in [0.25, 0.3) is 5.91 Å². The fraction of sp³-hybridized carbons (Fsp3) is 0.562. The molecule has 2 rings (SSSR count). The number of nitrogens with zero attached hydrogens (tertiary/aromatic N) is 1. The van der Waals surface area contributed by atoms with Crippen molar-refractivity contribution in [1.29, 1.82) is 0 Å². The molecular weight excluding hydrogens is 268 g/mol. The molecule has 0 aliphatic heterocycles. The smallest absolute Gasteiger partial charge is 0.337 e. The molecule has 0 radical (unpaired) electrons. The summed E-state index contributed by atoms with van der Waals surface area (Å²) in [5.74, 6) is 0.0179. The Labute approximate surface area is 124 Å². The fourth-order valence-corrected chi connectivity index (χ4v) is 2.99. The summed E-state index contributed by atoms with van der Waals surface area (Å²) in [6, 6.07) is 2.90. The lowest BCUT2D eigenvalue weighted by Crippen LogP contribution is -2.32. The maximum atomic E-state index is 12.1. The van der Waals surface area contributed by atoms with Gasteiger partial charge in [-0.1, -0.05) is 19.8 Å². The number of aromatic nitrogens is 1. The molecule has 21 heavy (non-hydrogen) atoms. The molecule has 2 atom stereocenters. The minimum absolute atomic E-state index is 0.132. The number of pyridine rings is 1. The first-order valence-corrected chi connectivity index (χ1v) is 7.46. The first kappa shape index (κ1) is 15.5. The normalized spacial score (nSPS) is 21.8. The van der Waals surface area contributed by atoms with E-state index in [4.69, 9.17) is 5.11 Å². The highest BCUT2D eigenvalue weighted by Gasteiger charge is 2.20. The van der Waals surface area contributed by atoms with Gasteiger partial charge in [-0.3, -0.25) is 4.79 Å². The van der Waals surface area contributed by atoms with Gasteiger partial charge in [0.1, 0.15) is 5.69 Å². The topological polar surface area (TPSA) is 79.3 Å². The zero-order valence-corrected chi connectivity index (χ0v) is 12.6. The molecule has 1 fully saturated rings. The van der Waals surface area contributed by atoms with Crippen LogP contribution in [0.3, 0.4) is 0 Å². The van der Waals surface area contributed by atoms with Crippen LogP contribution >= 0.6 is 0 Å². The number of hydrogen-bond acceptors (Lipinski definition) is 3. The van der Waals surface area contributed by atoms with Crippen molar-refractivity contribution in [2.45, 2.75) is 39.5 Å². The lowest BCUT2D eigenvalue weighted by molar-refractivity contribution is 0.0694. The van der Waals surface area contributed by atoms with Gasteiger partial charge in [-0.25, -0.2) is 9.78 Å². The molecule has 0 bridgehead atoms. The highest BCUT2D eigenvalue weighted by molar-refractivity contribution is 5.94. The second-order valence-electron chi connectivity index (χ2n) is 5.98. The minimum atomic E-state index is -1.02. The van der Waals surface area contributed by atoms with E-state index in [-0.39, 0.29) is 17.2 Å². The van der Waals surface area contributed by atoms with Crippen LogP contribution in [0.2, 0.25) is 0 Å². The molecular formula is C16H22N2O3. The number of amides is 1. The Morgan fingerprint density at radius 1 is 1.38 bits per heavy atom. The Bertz CT molecular complexity index is 542. The van der Waals surface area contributed by atoms with E-state index in [0.29, 0.717) is 18.2 Å². The van der Waals surface area contributed by atoms with Crippen LogP contribution in [0.15, 0.2) is 12.1 Å². The number of nitrogens with one attached hydrogen (secondary N) is 1. The van der Waals surface area contributed by atoms with Crippen molar-refractivity contribution in [2.75, 3.05) is 6.54 Å². The molecule has 1 aromatic heterocycles. The maximum absolute atomic E-state index is 12.1. The Balaban J connectivity index is 1.94. The van der Waals surface area contributed by atoms with Gasteiger partial charge in [-0.2, -0.15) is 0 Å². The lowest BCUT2D eigenvalue weighted by Gasteiger charge is -2.26. The molecule has 5 heteroatoms. The second kappa shape index (κ2) is 6.70. The number of carboxylic acids is 1. The van der Waals surface area contributed by atoms with Crippen molar-refractivity contribution in [3.63, 3.8) is 0 Å². The van der Waals surface area contributed by atoms with E-state index in [2.05, 4.69) is 17.2 Å².